The van der Waals surface area contributed by atoms with Gasteiger partial charge in [-0.05, 0) is 60.7 Å². The number of ether oxygens (including phenoxy) is 3. The van der Waals surface area contributed by atoms with Crippen LogP contribution in [-0.2, 0) is 14.2 Å². The van der Waals surface area contributed by atoms with Crippen LogP contribution in [0.25, 0.3) is 0 Å². The van der Waals surface area contributed by atoms with Crippen molar-refractivity contribution in [3.8, 4) is 0 Å². The second kappa shape index (κ2) is 10.5. The molecule has 8 nitrogen and oxygen atoms in total. The smallest absolute Gasteiger partial charge is 0.349 e. The molecule has 3 aromatic rings. The molecule has 2 aromatic carbocycles. The molecule has 1 aromatic heterocycles. The van der Waals surface area contributed by atoms with E-state index >= 15 is 0 Å². The molecule has 0 radical (unpaired) electrons. The van der Waals surface area contributed by atoms with Gasteiger partial charge in [-0.25, -0.2) is 19.4 Å². The van der Waals surface area contributed by atoms with Crippen LogP contribution in [0.5, 0.6) is 0 Å². The van der Waals surface area contributed by atoms with E-state index in [1.807, 2.05) is 38.1 Å². The van der Waals surface area contributed by atoms with Gasteiger partial charge >= 0.3 is 17.6 Å². The van der Waals surface area contributed by atoms with Crippen LogP contribution in [-0.4, -0.2) is 40.3 Å². The number of nitrogens with zero attached hydrogens (tertiary/aromatic N) is 2. The van der Waals surface area contributed by atoms with Crippen molar-refractivity contribution in [3.63, 3.8) is 0 Å². The molecule has 0 saturated carbocycles. The zero-order valence-corrected chi connectivity index (χ0v) is 20.8. The molecular formula is C25H23IN2O6. The maximum absolute atomic E-state index is 12.7. The summed E-state index contributed by atoms with van der Waals surface area (Å²) >= 11 is 2.05. The first kappa shape index (κ1) is 24.1. The highest BCUT2D eigenvalue weighted by molar-refractivity contribution is 14.1. The Morgan fingerprint density at radius 3 is 2.24 bits per heavy atom. The van der Waals surface area contributed by atoms with Crippen molar-refractivity contribution in [3.05, 3.63) is 97.2 Å². The number of hydrogen-bond acceptors (Lipinski definition) is 7. The summed E-state index contributed by atoms with van der Waals surface area (Å²) in [6, 6.07) is 14.0. The number of halogens is 1. The quantitative estimate of drug-likeness (QED) is 0.326. The molecule has 176 valence electrons. The summed E-state index contributed by atoms with van der Waals surface area (Å²) in [7, 11) is 0. The van der Waals surface area contributed by atoms with Crippen molar-refractivity contribution in [1.82, 2.24) is 9.55 Å². The van der Waals surface area contributed by atoms with Gasteiger partial charge in [0.15, 0.2) is 0 Å². The Hall–Kier alpha value is -3.05. The monoisotopic (exact) mass is 574 g/mol. The van der Waals surface area contributed by atoms with E-state index in [9.17, 15) is 14.4 Å². The molecule has 1 aliphatic rings. The SMILES string of the molecule is Cc1ccc(C(=O)OCC2OC(n3cc(I)cnc3=O)CC2OC(=O)c2ccc(C)cc2)cc1. The first-order valence-electron chi connectivity index (χ1n) is 10.7. The van der Waals surface area contributed by atoms with E-state index < -0.39 is 36.1 Å². The average Bonchev–Trinajstić information content (AvgIpc) is 3.22. The van der Waals surface area contributed by atoms with Crippen molar-refractivity contribution in [1.29, 1.82) is 0 Å². The van der Waals surface area contributed by atoms with Crippen LogP contribution in [0.4, 0.5) is 0 Å². The molecule has 1 saturated heterocycles. The van der Waals surface area contributed by atoms with Gasteiger partial charge in [0.2, 0.25) is 0 Å². The summed E-state index contributed by atoms with van der Waals surface area (Å²) < 4.78 is 19.3. The minimum atomic E-state index is -0.751. The van der Waals surface area contributed by atoms with Crippen LogP contribution in [0.2, 0.25) is 0 Å². The zero-order valence-electron chi connectivity index (χ0n) is 18.6. The highest BCUT2D eigenvalue weighted by Crippen LogP contribution is 2.31. The van der Waals surface area contributed by atoms with Gasteiger partial charge < -0.3 is 14.2 Å². The number of esters is 2. The second-order valence-electron chi connectivity index (χ2n) is 8.10. The highest BCUT2D eigenvalue weighted by atomic mass is 127. The minimum Gasteiger partial charge on any atom is -0.459 e. The first-order valence-corrected chi connectivity index (χ1v) is 11.8. The largest absolute Gasteiger partial charge is 0.459 e. The molecule has 1 fully saturated rings. The number of aryl methyl sites for hydroxylation is 2. The molecule has 3 atom stereocenters. The molecule has 4 rings (SSSR count). The summed E-state index contributed by atoms with van der Waals surface area (Å²) in [6.45, 7) is 3.72. The fourth-order valence-corrected chi connectivity index (χ4v) is 4.02. The first-order chi connectivity index (χ1) is 16.3. The van der Waals surface area contributed by atoms with E-state index in [4.69, 9.17) is 14.2 Å². The van der Waals surface area contributed by atoms with Gasteiger partial charge in [0, 0.05) is 22.4 Å². The fraction of sp³-hybridized carbons (Fsp3) is 0.280. The highest BCUT2D eigenvalue weighted by Gasteiger charge is 2.40. The van der Waals surface area contributed by atoms with Crippen LogP contribution in [0, 0.1) is 17.4 Å². The van der Waals surface area contributed by atoms with Gasteiger partial charge in [-0.3, -0.25) is 4.57 Å². The standard InChI is InChI=1S/C25H23IN2O6/c1-15-3-7-17(8-4-15)23(29)32-14-21-20(34-24(30)18-9-5-16(2)6-10-18)11-22(33-21)28-13-19(26)12-27-25(28)31/h3-10,12-13,20-22H,11,14H2,1-2H3. The Labute approximate surface area is 210 Å². The lowest BCUT2D eigenvalue weighted by molar-refractivity contribution is -0.0582. The molecule has 3 unspecified atom stereocenters. The van der Waals surface area contributed by atoms with Gasteiger partial charge in [-0.1, -0.05) is 35.4 Å². The molecule has 0 bridgehead atoms. The Balaban J connectivity index is 1.51. The van der Waals surface area contributed by atoms with Gasteiger partial charge in [0.05, 0.1) is 11.1 Å². The summed E-state index contributed by atoms with van der Waals surface area (Å²) in [6.07, 6.45) is 1.11. The zero-order chi connectivity index (χ0) is 24.2. The molecule has 1 aliphatic heterocycles. The summed E-state index contributed by atoms with van der Waals surface area (Å²) in [5, 5.41) is 0. The molecule has 34 heavy (non-hydrogen) atoms. The number of benzene rings is 2. The van der Waals surface area contributed by atoms with Gasteiger partial charge in [-0.2, -0.15) is 0 Å². The molecule has 0 aliphatic carbocycles. The van der Waals surface area contributed by atoms with E-state index in [2.05, 4.69) is 27.6 Å². The molecule has 0 N–H and O–H groups in total. The van der Waals surface area contributed by atoms with Crippen LogP contribution >= 0.6 is 22.6 Å². The van der Waals surface area contributed by atoms with Crippen molar-refractivity contribution >= 4 is 34.5 Å². The number of carbonyl (C=O) groups is 2. The molecular weight excluding hydrogens is 551 g/mol. The summed E-state index contributed by atoms with van der Waals surface area (Å²) in [5.74, 6) is -1.03. The van der Waals surface area contributed by atoms with Gasteiger partial charge in [-0.15, -0.1) is 0 Å². The van der Waals surface area contributed by atoms with E-state index in [1.54, 1.807) is 30.5 Å². The third-order valence-electron chi connectivity index (χ3n) is 5.48. The lowest BCUT2D eigenvalue weighted by atomic mass is 10.1. The van der Waals surface area contributed by atoms with Crippen LogP contribution < -0.4 is 5.69 Å². The van der Waals surface area contributed by atoms with Crippen molar-refractivity contribution in [2.24, 2.45) is 0 Å². The van der Waals surface area contributed by atoms with E-state index in [0.29, 0.717) is 11.1 Å². The predicted octanol–water partition coefficient (Wildman–Crippen LogP) is 3.83. The van der Waals surface area contributed by atoms with Crippen LogP contribution in [0.3, 0.4) is 0 Å². The maximum Gasteiger partial charge on any atom is 0.349 e. The lowest BCUT2D eigenvalue weighted by Crippen LogP contribution is -2.32. The Bertz CT molecular complexity index is 1240. The van der Waals surface area contributed by atoms with Crippen LogP contribution in [0.1, 0.15) is 44.5 Å². The number of hydrogen-bond donors (Lipinski definition) is 0. The summed E-state index contributed by atoms with van der Waals surface area (Å²) in [4.78, 5) is 41.4. The van der Waals surface area contributed by atoms with Gasteiger partial charge in [0.25, 0.3) is 0 Å². The van der Waals surface area contributed by atoms with Crippen molar-refractivity contribution in [2.75, 3.05) is 6.61 Å². The molecule has 2 heterocycles. The Kier molecular flexibility index (Phi) is 7.42. The van der Waals surface area contributed by atoms with Crippen molar-refractivity contribution in [2.45, 2.75) is 38.7 Å². The predicted molar refractivity (Wildman–Crippen MR) is 132 cm³/mol. The molecule has 0 spiro atoms. The normalized spacial score (nSPS) is 19.6. The van der Waals surface area contributed by atoms with E-state index in [0.717, 1.165) is 14.7 Å². The fourth-order valence-electron chi connectivity index (χ4n) is 3.58. The van der Waals surface area contributed by atoms with E-state index in [-0.39, 0.29) is 13.0 Å². The summed E-state index contributed by atoms with van der Waals surface area (Å²) in [5.41, 5.74) is 2.38. The average molecular weight is 574 g/mol. The number of carbonyl (C=O) groups excluding carboxylic acids is 2. The molecule has 9 heteroatoms. The number of aromatic nitrogens is 2. The van der Waals surface area contributed by atoms with Crippen molar-refractivity contribution < 1.29 is 23.8 Å². The lowest BCUT2D eigenvalue weighted by Gasteiger charge is -2.19. The molecule has 0 amide bonds. The Morgan fingerprint density at radius 1 is 1.03 bits per heavy atom. The number of rotatable bonds is 6. The Morgan fingerprint density at radius 2 is 1.62 bits per heavy atom. The van der Waals surface area contributed by atoms with Gasteiger partial charge in [0.1, 0.15) is 25.0 Å². The minimum absolute atomic E-state index is 0.138. The topological polar surface area (TPSA) is 96.7 Å². The van der Waals surface area contributed by atoms with E-state index in [1.165, 1.54) is 10.8 Å². The third-order valence-corrected chi connectivity index (χ3v) is 6.04. The maximum atomic E-state index is 12.7. The second-order valence-corrected chi connectivity index (χ2v) is 9.35. The van der Waals surface area contributed by atoms with Crippen LogP contribution in [0.15, 0.2) is 65.7 Å². The third kappa shape index (κ3) is 5.71.